The quantitative estimate of drug-likeness (QED) is 0.318. The zero-order chi connectivity index (χ0) is 32.5. The average molecular weight is 680 g/mol. The number of hydrogen-bond donors (Lipinski definition) is 3. The van der Waals surface area contributed by atoms with Crippen LogP contribution >= 0.6 is 23.4 Å². The number of methoxy groups -OCH3 is 1. The van der Waals surface area contributed by atoms with Crippen LogP contribution in [0.1, 0.15) is 69.0 Å². The SMILES string of the molecule is COC1CC(CN(C)C2CCc3nc(C)n(CCOC4CCC(Cl)CC4C4CC(C)NC5C(C(=O)O)CSC45)c(=O)c3C2)CCN1. The molecule has 10 nitrogen and oxygen atoms in total. The van der Waals surface area contributed by atoms with Gasteiger partial charge >= 0.3 is 5.97 Å². The summed E-state index contributed by atoms with van der Waals surface area (Å²) < 4.78 is 14.0. The number of carboxylic acid groups (broad SMARTS) is 1. The first-order chi connectivity index (χ1) is 22.1. The molecular weight excluding hydrogens is 626 g/mol. The number of nitrogens with zero attached hydrogens (tertiary/aromatic N) is 3. The van der Waals surface area contributed by atoms with Crippen LogP contribution in [0.3, 0.4) is 0 Å². The Hall–Kier alpha value is -1.21. The van der Waals surface area contributed by atoms with E-state index in [9.17, 15) is 14.7 Å². The fraction of sp³-hybridized carbons (Fsp3) is 0.853. The summed E-state index contributed by atoms with van der Waals surface area (Å²) in [6.45, 7) is 7.05. The van der Waals surface area contributed by atoms with Gasteiger partial charge in [0.1, 0.15) is 12.1 Å². The van der Waals surface area contributed by atoms with Crippen molar-refractivity contribution in [2.45, 2.75) is 119 Å². The summed E-state index contributed by atoms with van der Waals surface area (Å²) in [5.74, 6) is 1.58. The highest BCUT2D eigenvalue weighted by atomic mass is 35.5. The fourth-order valence-electron chi connectivity index (χ4n) is 9.21. The van der Waals surface area contributed by atoms with Gasteiger partial charge in [-0.25, -0.2) is 4.98 Å². The summed E-state index contributed by atoms with van der Waals surface area (Å²) in [6.07, 6.45) is 8.66. The first kappa shape index (κ1) is 34.6. The Morgan fingerprint density at radius 3 is 2.80 bits per heavy atom. The smallest absolute Gasteiger partial charge is 0.308 e. The molecule has 5 aliphatic rings. The Morgan fingerprint density at radius 2 is 2.02 bits per heavy atom. The minimum Gasteiger partial charge on any atom is -0.481 e. The number of nitrogens with one attached hydrogen (secondary N) is 2. The Bertz CT molecular complexity index is 1290. The maximum Gasteiger partial charge on any atom is 0.308 e. The van der Waals surface area contributed by atoms with Gasteiger partial charge in [0.15, 0.2) is 0 Å². The number of carboxylic acids is 1. The molecule has 0 aromatic carbocycles. The van der Waals surface area contributed by atoms with Gasteiger partial charge < -0.3 is 24.8 Å². The van der Waals surface area contributed by atoms with Crippen molar-refractivity contribution >= 4 is 29.3 Å². The molecule has 4 heterocycles. The van der Waals surface area contributed by atoms with Crippen LogP contribution < -0.4 is 16.2 Å². The van der Waals surface area contributed by atoms with Crippen LogP contribution in [0.25, 0.3) is 0 Å². The van der Waals surface area contributed by atoms with Gasteiger partial charge in [0, 0.05) is 53.7 Å². The van der Waals surface area contributed by atoms with E-state index in [2.05, 4.69) is 29.5 Å². The number of halogens is 1. The van der Waals surface area contributed by atoms with Crippen LogP contribution in [0.2, 0.25) is 0 Å². The van der Waals surface area contributed by atoms with Gasteiger partial charge in [0.2, 0.25) is 0 Å². The van der Waals surface area contributed by atoms with E-state index in [-0.39, 0.29) is 52.4 Å². The summed E-state index contributed by atoms with van der Waals surface area (Å²) in [4.78, 5) is 33.3. The van der Waals surface area contributed by atoms with E-state index < -0.39 is 5.97 Å². The van der Waals surface area contributed by atoms with Gasteiger partial charge in [-0.1, -0.05) is 0 Å². The van der Waals surface area contributed by atoms with Crippen molar-refractivity contribution in [3.05, 3.63) is 27.4 Å². The highest BCUT2D eigenvalue weighted by Crippen LogP contribution is 2.48. The normalized spacial score (nSPS) is 38.0. The number of likely N-dealkylation sites (N-methyl/N-ethyl adjacent to an activating group) is 1. The lowest BCUT2D eigenvalue weighted by atomic mass is 9.70. The Balaban J connectivity index is 1.10. The van der Waals surface area contributed by atoms with Crippen molar-refractivity contribution in [3.63, 3.8) is 0 Å². The second kappa shape index (κ2) is 15.1. The predicted octanol–water partition coefficient (Wildman–Crippen LogP) is 3.29. The molecule has 1 aromatic rings. The number of ether oxygens (including phenoxy) is 2. The van der Waals surface area contributed by atoms with E-state index in [0.29, 0.717) is 36.8 Å². The fourth-order valence-corrected chi connectivity index (χ4v) is 11.4. The molecule has 6 rings (SSSR count). The largest absolute Gasteiger partial charge is 0.481 e. The average Bonchev–Trinajstić information content (AvgIpc) is 3.47. The Labute approximate surface area is 283 Å². The topological polar surface area (TPSA) is 118 Å². The van der Waals surface area contributed by atoms with Crippen LogP contribution in [-0.2, 0) is 33.7 Å². The van der Waals surface area contributed by atoms with E-state index in [0.717, 1.165) is 88.0 Å². The molecule has 1 aromatic heterocycles. The van der Waals surface area contributed by atoms with Crippen molar-refractivity contribution in [3.8, 4) is 0 Å². The van der Waals surface area contributed by atoms with E-state index in [4.69, 9.17) is 26.1 Å². The van der Waals surface area contributed by atoms with E-state index in [1.165, 1.54) is 0 Å². The zero-order valence-electron chi connectivity index (χ0n) is 28.0. The number of thioether (sulfide) groups is 1. The number of rotatable bonds is 10. The van der Waals surface area contributed by atoms with Gasteiger partial charge in [0.05, 0.1) is 30.9 Å². The predicted molar refractivity (Wildman–Crippen MR) is 182 cm³/mol. The number of carbonyl (C=O) groups is 1. The highest BCUT2D eigenvalue weighted by molar-refractivity contribution is 8.00. The summed E-state index contributed by atoms with van der Waals surface area (Å²) in [5.41, 5.74) is 1.92. The third-order valence-electron chi connectivity index (χ3n) is 11.7. The van der Waals surface area contributed by atoms with Gasteiger partial charge in [-0.2, -0.15) is 11.8 Å². The van der Waals surface area contributed by atoms with Crippen LogP contribution in [0, 0.1) is 30.6 Å². The van der Waals surface area contributed by atoms with Gasteiger partial charge in [0.25, 0.3) is 5.56 Å². The molecular formula is C34H54ClN5O5S. The molecule has 11 unspecified atom stereocenters. The number of piperidine rings is 2. The number of hydrogen-bond acceptors (Lipinski definition) is 9. The lowest BCUT2D eigenvalue weighted by Crippen LogP contribution is -2.57. The van der Waals surface area contributed by atoms with Gasteiger partial charge in [-0.05, 0) is 103 Å². The summed E-state index contributed by atoms with van der Waals surface area (Å²) >= 11 is 8.57. The van der Waals surface area contributed by atoms with Crippen LogP contribution in [0.5, 0.6) is 0 Å². The molecule has 12 heteroatoms. The van der Waals surface area contributed by atoms with Gasteiger partial charge in [-0.15, -0.1) is 11.6 Å². The minimum absolute atomic E-state index is 0.0137. The lowest BCUT2D eigenvalue weighted by molar-refractivity contribution is -0.142. The van der Waals surface area contributed by atoms with Crippen molar-refractivity contribution in [1.82, 2.24) is 25.1 Å². The monoisotopic (exact) mass is 679 g/mol. The summed E-state index contributed by atoms with van der Waals surface area (Å²) in [5, 5.41) is 17.3. The van der Waals surface area contributed by atoms with Crippen molar-refractivity contribution in [1.29, 1.82) is 0 Å². The summed E-state index contributed by atoms with van der Waals surface area (Å²) in [7, 11) is 3.97. The third kappa shape index (κ3) is 7.50. The molecule has 46 heavy (non-hydrogen) atoms. The molecule has 0 amide bonds. The first-order valence-corrected chi connectivity index (χ1v) is 19.0. The van der Waals surface area contributed by atoms with Gasteiger partial charge in [-0.3, -0.25) is 19.5 Å². The highest BCUT2D eigenvalue weighted by Gasteiger charge is 2.51. The Kier molecular flexibility index (Phi) is 11.4. The number of fused-ring (bicyclic) bond motifs is 2. The second-order valence-electron chi connectivity index (χ2n) is 14.7. The third-order valence-corrected chi connectivity index (χ3v) is 13.7. The molecule has 0 spiro atoms. The maximum absolute atomic E-state index is 13.9. The summed E-state index contributed by atoms with van der Waals surface area (Å²) in [6, 6.07) is 0.582. The van der Waals surface area contributed by atoms with E-state index in [1.807, 2.05) is 23.3 Å². The van der Waals surface area contributed by atoms with Crippen LogP contribution in [0.4, 0.5) is 0 Å². The number of aromatic nitrogens is 2. The molecule has 1 saturated carbocycles. The molecule has 258 valence electrons. The molecule has 0 radical (unpaired) electrons. The molecule has 4 fully saturated rings. The van der Waals surface area contributed by atoms with Crippen LogP contribution in [-0.4, -0.2) is 106 Å². The van der Waals surface area contributed by atoms with E-state index in [1.54, 1.807) is 7.11 Å². The number of aryl methyl sites for hydroxylation is 2. The second-order valence-corrected chi connectivity index (χ2v) is 16.5. The van der Waals surface area contributed by atoms with Crippen LogP contribution in [0.15, 0.2) is 4.79 Å². The first-order valence-electron chi connectivity index (χ1n) is 17.5. The number of alkyl halides is 1. The van der Waals surface area contributed by atoms with Crippen molar-refractivity contribution < 1.29 is 19.4 Å². The zero-order valence-corrected chi connectivity index (χ0v) is 29.5. The molecule has 3 N–H and O–H groups in total. The lowest BCUT2D eigenvalue weighted by Gasteiger charge is -2.47. The molecule has 3 saturated heterocycles. The maximum atomic E-state index is 13.9. The van der Waals surface area contributed by atoms with E-state index >= 15 is 0 Å². The molecule has 2 aliphatic carbocycles. The minimum atomic E-state index is -0.702. The standard InChI is InChI=1S/C34H54ClN5O5S/c1-19-13-25(32-31(37-19)27(18-46-32)34(42)43)24-15-22(35)5-8-29(24)45-12-11-40-20(2)38-28-7-6-23(16-26(28)33(40)41)39(3)17-21-9-10-36-30(14-21)44-4/h19,21-25,27,29-32,36-37H,5-18H2,1-4H3,(H,42,43). The van der Waals surface area contributed by atoms with Crippen molar-refractivity contribution in [2.24, 2.45) is 23.7 Å². The molecule has 11 atom stereocenters. The number of aliphatic carboxylic acids is 1. The molecule has 3 aliphatic heterocycles. The van der Waals surface area contributed by atoms with Crippen molar-refractivity contribution in [2.75, 3.05) is 39.6 Å². The Morgan fingerprint density at radius 1 is 1.20 bits per heavy atom. The molecule has 0 bridgehead atoms.